The van der Waals surface area contributed by atoms with Crippen molar-refractivity contribution in [2.45, 2.75) is 36.6 Å². The molecular weight excluding hydrogens is 414 g/mol. The summed E-state index contributed by atoms with van der Waals surface area (Å²) >= 11 is 0. The Morgan fingerprint density at radius 3 is 2.52 bits per heavy atom. The van der Waals surface area contributed by atoms with Crippen molar-refractivity contribution < 1.29 is 49.6 Å². The number of esters is 1. The van der Waals surface area contributed by atoms with Gasteiger partial charge in [-0.1, -0.05) is 12.1 Å². The number of phenols is 1. The maximum atomic E-state index is 12.7. The molecule has 3 rings (SSSR count). The number of rotatable bonds is 2. The number of hydrogen-bond acceptors (Lipinski definition) is 9. The summed E-state index contributed by atoms with van der Waals surface area (Å²) < 4.78 is 10.3. The second-order valence-electron chi connectivity index (χ2n) is 7.53. The molecule has 0 saturated carbocycles. The molecule has 2 aliphatic rings. The average Bonchev–Trinajstić information content (AvgIpc) is 2.96. The molecule has 1 aromatic rings. The van der Waals surface area contributed by atoms with Gasteiger partial charge in [0.25, 0.3) is 5.91 Å². The normalized spacial score (nSPS) is 32.9. The van der Waals surface area contributed by atoms with E-state index in [1.54, 1.807) is 12.1 Å². The van der Waals surface area contributed by atoms with Crippen LogP contribution in [-0.4, -0.2) is 94.6 Å². The molecule has 0 aliphatic carbocycles. The molecule has 12 heteroatoms. The Labute approximate surface area is 177 Å². The summed E-state index contributed by atoms with van der Waals surface area (Å²) in [6.07, 6.45) is -4.24. The number of phenolic OH excluding ortho intramolecular Hbond substituents is 1. The lowest BCUT2D eigenvalue weighted by Crippen LogP contribution is -2.96. The molecule has 2 bridgehead atoms. The average molecular weight is 440 g/mol. The SMILES string of the molecule is O=C1CNC(=O)[C@H](Cc2ccc(O)cc2)[NH2+]C[C@@]2(O)O[C@H](COC(=O)CN1)[C@@H](O)[C@@H]2O. The van der Waals surface area contributed by atoms with E-state index < -0.39 is 61.1 Å². The highest BCUT2D eigenvalue weighted by molar-refractivity contribution is 5.88. The van der Waals surface area contributed by atoms with Gasteiger partial charge in [-0.15, -0.1) is 0 Å². The summed E-state index contributed by atoms with van der Waals surface area (Å²) in [5, 5.41) is 46.7. The molecule has 31 heavy (non-hydrogen) atoms. The first-order chi connectivity index (χ1) is 14.7. The van der Waals surface area contributed by atoms with Crippen molar-refractivity contribution in [2.24, 2.45) is 0 Å². The van der Waals surface area contributed by atoms with Gasteiger partial charge in [0.15, 0.2) is 6.04 Å². The van der Waals surface area contributed by atoms with Crippen molar-refractivity contribution in [3.8, 4) is 5.75 Å². The van der Waals surface area contributed by atoms with E-state index in [-0.39, 0.29) is 25.3 Å². The van der Waals surface area contributed by atoms with Crippen LogP contribution in [0.1, 0.15) is 5.56 Å². The van der Waals surface area contributed by atoms with E-state index >= 15 is 0 Å². The van der Waals surface area contributed by atoms with Crippen molar-refractivity contribution in [3.63, 3.8) is 0 Å². The largest absolute Gasteiger partial charge is 0.508 e. The standard InChI is InChI=1S/C19H25N3O9/c23-11-3-1-10(2-4-11)5-12-18(28)21-6-14(24)20-7-15(25)30-8-13-16(26)17(27)19(29,31-13)9-22-12/h1-4,12-13,16-17,22-23,26-27,29H,5-9H2,(H,20,24)(H,21,28)/p+1/t12-,13+,16+,17-,19+/m0/s1. The molecule has 2 fully saturated rings. The number of fused-ring (bicyclic) bond motifs is 2. The first-order valence-corrected chi connectivity index (χ1v) is 9.75. The Bertz CT molecular complexity index is 818. The number of carbonyl (C=O) groups excluding carboxylic acids is 3. The third-order valence-electron chi connectivity index (χ3n) is 5.21. The number of quaternary nitrogens is 1. The second kappa shape index (κ2) is 9.58. The molecular formula is C19H26N3O9+. The van der Waals surface area contributed by atoms with Crippen molar-refractivity contribution in [1.82, 2.24) is 10.6 Å². The number of amides is 2. The van der Waals surface area contributed by atoms with E-state index in [2.05, 4.69) is 10.6 Å². The molecule has 0 aromatic heterocycles. The van der Waals surface area contributed by atoms with E-state index in [0.717, 1.165) is 0 Å². The molecule has 0 unspecified atom stereocenters. The number of aliphatic hydroxyl groups excluding tert-OH is 2. The molecule has 2 aliphatic heterocycles. The highest BCUT2D eigenvalue weighted by Crippen LogP contribution is 2.28. The summed E-state index contributed by atoms with van der Waals surface area (Å²) in [6, 6.07) is 5.33. The quantitative estimate of drug-likeness (QED) is 0.222. The lowest BCUT2D eigenvalue weighted by atomic mass is 10.0. The molecule has 2 heterocycles. The molecule has 2 amide bonds. The van der Waals surface area contributed by atoms with Gasteiger partial charge in [-0.2, -0.15) is 0 Å². The first kappa shape index (κ1) is 22.9. The van der Waals surface area contributed by atoms with E-state index in [4.69, 9.17) is 9.47 Å². The summed E-state index contributed by atoms with van der Waals surface area (Å²) in [5.74, 6) is -4.08. The predicted molar refractivity (Wildman–Crippen MR) is 101 cm³/mol. The molecule has 0 spiro atoms. The van der Waals surface area contributed by atoms with Crippen LogP contribution in [0.2, 0.25) is 0 Å². The fourth-order valence-corrected chi connectivity index (χ4v) is 3.41. The van der Waals surface area contributed by atoms with Crippen LogP contribution in [0, 0.1) is 0 Å². The number of carbonyl (C=O) groups is 3. The molecule has 5 atom stereocenters. The molecule has 8 N–H and O–H groups in total. The Balaban J connectivity index is 1.79. The number of aromatic hydroxyl groups is 1. The number of nitrogens with one attached hydrogen (secondary N) is 2. The Morgan fingerprint density at radius 2 is 1.81 bits per heavy atom. The van der Waals surface area contributed by atoms with Crippen LogP contribution in [0.3, 0.4) is 0 Å². The summed E-state index contributed by atoms with van der Waals surface area (Å²) in [5.41, 5.74) is 0.702. The first-order valence-electron chi connectivity index (χ1n) is 9.75. The van der Waals surface area contributed by atoms with Gasteiger partial charge in [0, 0.05) is 6.42 Å². The zero-order chi connectivity index (χ0) is 22.6. The van der Waals surface area contributed by atoms with Gasteiger partial charge in [-0.3, -0.25) is 14.4 Å². The Hall–Kier alpha value is -2.77. The molecule has 12 nitrogen and oxygen atoms in total. The lowest BCUT2D eigenvalue weighted by Gasteiger charge is -2.26. The van der Waals surface area contributed by atoms with E-state index in [1.165, 1.54) is 17.4 Å². The van der Waals surface area contributed by atoms with E-state index in [0.29, 0.717) is 5.56 Å². The maximum Gasteiger partial charge on any atom is 0.325 e. The Kier molecular flexibility index (Phi) is 7.08. The van der Waals surface area contributed by atoms with Crippen LogP contribution in [0.25, 0.3) is 0 Å². The van der Waals surface area contributed by atoms with Gasteiger partial charge < -0.3 is 45.9 Å². The number of aliphatic hydroxyl groups is 3. The van der Waals surface area contributed by atoms with Crippen molar-refractivity contribution >= 4 is 17.8 Å². The minimum Gasteiger partial charge on any atom is -0.508 e. The molecule has 170 valence electrons. The Morgan fingerprint density at radius 1 is 1.10 bits per heavy atom. The third-order valence-corrected chi connectivity index (χ3v) is 5.21. The zero-order valence-electron chi connectivity index (χ0n) is 16.6. The van der Waals surface area contributed by atoms with Crippen LogP contribution in [0.5, 0.6) is 5.75 Å². The molecule has 2 saturated heterocycles. The minimum absolute atomic E-state index is 0.0597. The van der Waals surface area contributed by atoms with E-state index in [9.17, 15) is 34.8 Å². The zero-order valence-corrected chi connectivity index (χ0v) is 16.6. The van der Waals surface area contributed by atoms with Crippen molar-refractivity contribution in [2.75, 3.05) is 26.2 Å². The topological polar surface area (TPSA) is 191 Å². The van der Waals surface area contributed by atoms with Gasteiger partial charge >= 0.3 is 5.97 Å². The van der Waals surface area contributed by atoms with Gasteiger partial charge in [0.1, 0.15) is 43.8 Å². The number of benzene rings is 1. The van der Waals surface area contributed by atoms with Gasteiger partial charge in [0.05, 0.1) is 6.54 Å². The number of cyclic esters (lactones) is 1. The maximum absolute atomic E-state index is 12.7. The monoisotopic (exact) mass is 440 g/mol. The smallest absolute Gasteiger partial charge is 0.325 e. The highest BCUT2D eigenvalue weighted by atomic mass is 16.7. The summed E-state index contributed by atoms with van der Waals surface area (Å²) in [4.78, 5) is 36.3. The minimum atomic E-state index is -2.20. The molecule has 0 radical (unpaired) electrons. The van der Waals surface area contributed by atoms with Crippen LogP contribution in [0.15, 0.2) is 24.3 Å². The van der Waals surface area contributed by atoms with Crippen LogP contribution in [0.4, 0.5) is 0 Å². The summed E-state index contributed by atoms with van der Waals surface area (Å²) in [7, 11) is 0. The summed E-state index contributed by atoms with van der Waals surface area (Å²) in [6.45, 7) is -1.61. The van der Waals surface area contributed by atoms with Crippen molar-refractivity contribution in [1.29, 1.82) is 0 Å². The van der Waals surface area contributed by atoms with Crippen LogP contribution in [-0.2, 0) is 30.3 Å². The number of hydrogen-bond donors (Lipinski definition) is 7. The van der Waals surface area contributed by atoms with Gasteiger partial charge in [-0.05, 0) is 17.7 Å². The fourth-order valence-electron chi connectivity index (χ4n) is 3.41. The lowest BCUT2D eigenvalue weighted by molar-refractivity contribution is -0.697. The third kappa shape index (κ3) is 5.68. The molecule has 1 aromatic carbocycles. The number of ether oxygens (including phenoxy) is 2. The van der Waals surface area contributed by atoms with Gasteiger partial charge in [0.2, 0.25) is 11.7 Å². The van der Waals surface area contributed by atoms with Crippen LogP contribution >= 0.6 is 0 Å². The highest BCUT2D eigenvalue weighted by Gasteiger charge is 2.55. The fraction of sp³-hybridized carbons (Fsp3) is 0.526. The van der Waals surface area contributed by atoms with Crippen molar-refractivity contribution in [3.05, 3.63) is 29.8 Å². The number of nitrogens with two attached hydrogens (primary N) is 1. The van der Waals surface area contributed by atoms with Crippen LogP contribution < -0.4 is 16.0 Å². The predicted octanol–water partition coefficient (Wildman–Crippen LogP) is -4.53. The van der Waals surface area contributed by atoms with E-state index in [1.807, 2.05) is 0 Å². The van der Waals surface area contributed by atoms with Gasteiger partial charge in [-0.25, -0.2) is 0 Å². The second-order valence-corrected chi connectivity index (χ2v) is 7.53.